The van der Waals surface area contributed by atoms with Crippen molar-refractivity contribution >= 4 is 17.8 Å². The molecule has 8 heteroatoms. The number of ether oxygens (including phenoxy) is 2. The van der Waals surface area contributed by atoms with Crippen molar-refractivity contribution in [1.82, 2.24) is 9.97 Å². The number of carboxylic acid groups (broad SMARTS) is 1. The van der Waals surface area contributed by atoms with Crippen LogP contribution >= 0.6 is 11.6 Å². The van der Waals surface area contributed by atoms with Gasteiger partial charge in [-0.25, -0.2) is 14.2 Å². The van der Waals surface area contributed by atoms with Gasteiger partial charge in [0.1, 0.15) is 11.6 Å². The highest BCUT2D eigenvalue weighted by molar-refractivity contribution is 6.32. The highest BCUT2D eigenvalue weighted by atomic mass is 35.5. The third-order valence-electron chi connectivity index (χ3n) is 3.39. The van der Waals surface area contributed by atoms with E-state index < -0.39 is 12.0 Å². The molecular formula is C18H12ClFN2O4. The molecule has 132 valence electrons. The first kappa shape index (κ1) is 17.6. The summed E-state index contributed by atoms with van der Waals surface area (Å²) in [5.41, 5.74) is 0.881. The molecule has 0 saturated carbocycles. The number of aromatic nitrogens is 2. The van der Waals surface area contributed by atoms with E-state index in [1.165, 1.54) is 6.07 Å². The van der Waals surface area contributed by atoms with Crippen molar-refractivity contribution in [3.05, 3.63) is 65.1 Å². The first-order chi connectivity index (χ1) is 12.4. The molecule has 0 aliphatic heterocycles. The van der Waals surface area contributed by atoms with Crippen LogP contribution in [-0.2, 0) is 0 Å². The Morgan fingerprint density at radius 1 is 1.19 bits per heavy atom. The number of rotatable bonds is 4. The topological polar surface area (TPSA) is 81.5 Å². The Balaban J connectivity index is 2.05. The Bertz CT molecular complexity index is 981. The standard InChI is InChI=1S/C18H12ClFN2O4/c1-10-6-7-11(8-13(10)20)16-21-9-15(26-18(23)24)17(22-16)25-14-5-3-2-4-12(14)19/h2-9H,1H3,(H,23,24). The van der Waals surface area contributed by atoms with Crippen LogP contribution in [0.25, 0.3) is 11.4 Å². The maximum Gasteiger partial charge on any atom is 0.511 e. The Labute approximate surface area is 152 Å². The van der Waals surface area contributed by atoms with Gasteiger partial charge in [0.15, 0.2) is 5.82 Å². The van der Waals surface area contributed by atoms with Gasteiger partial charge in [0.2, 0.25) is 5.75 Å². The van der Waals surface area contributed by atoms with Crippen LogP contribution < -0.4 is 9.47 Å². The molecule has 0 amide bonds. The summed E-state index contributed by atoms with van der Waals surface area (Å²) in [5.74, 6) is -0.390. The van der Waals surface area contributed by atoms with E-state index in [0.29, 0.717) is 16.1 Å². The number of halogens is 2. The van der Waals surface area contributed by atoms with Crippen LogP contribution in [0.4, 0.5) is 9.18 Å². The minimum Gasteiger partial charge on any atom is -0.449 e. The van der Waals surface area contributed by atoms with Gasteiger partial charge in [0.05, 0.1) is 11.2 Å². The van der Waals surface area contributed by atoms with Crippen molar-refractivity contribution in [3.8, 4) is 28.8 Å². The van der Waals surface area contributed by atoms with Crippen LogP contribution in [0.15, 0.2) is 48.7 Å². The fourth-order valence-electron chi connectivity index (χ4n) is 2.10. The number of para-hydroxylation sites is 1. The second-order valence-corrected chi connectivity index (χ2v) is 5.63. The third-order valence-corrected chi connectivity index (χ3v) is 3.71. The van der Waals surface area contributed by atoms with Crippen molar-refractivity contribution < 1.29 is 23.8 Å². The molecule has 1 N–H and O–H groups in total. The van der Waals surface area contributed by atoms with Gasteiger partial charge in [-0.05, 0) is 30.7 Å². The molecular weight excluding hydrogens is 363 g/mol. The van der Waals surface area contributed by atoms with Gasteiger partial charge in [0.25, 0.3) is 5.88 Å². The van der Waals surface area contributed by atoms with Crippen LogP contribution in [0.5, 0.6) is 17.4 Å². The highest BCUT2D eigenvalue weighted by Crippen LogP contribution is 2.34. The van der Waals surface area contributed by atoms with E-state index in [9.17, 15) is 9.18 Å². The maximum atomic E-state index is 13.8. The largest absolute Gasteiger partial charge is 0.511 e. The van der Waals surface area contributed by atoms with Gasteiger partial charge in [-0.15, -0.1) is 0 Å². The van der Waals surface area contributed by atoms with Gasteiger partial charge in [0, 0.05) is 5.56 Å². The molecule has 0 atom stereocenters. The second kappa shape index (κ2) is 7.37. The fraction of sp³-hybridized carbons (Fsp3) is 0.0556. The van der Waals surface area contributed by atoms with Gasteiger partial charge in [-0.3, -0.25) is 0 Å². The van der Waals surface area contributed by atoms with Crippen molar-refractivity contribution in [3.63, 3.8) is 0 Å². The molecule has 0 aliphatic carbocycles. The number of hydrogen-bond acceptors (Lipinski definition) is 5. The van der Waals surface area contributed by atoms with E-state index >= 15 is 0 Å². The van der Waals surface area contributed by atoms with E-state index in [1.807, 2.05) is 0 Å². The van der Waals surface area contributed by atoms with Crippen LogP contribution in [0.2, 0.25) is 5.02 Å². The van der Waals surface area contributed by atoms with Crippen LogP contribution in [0.1, 0.15) is 5.56 Å². The zero-order chi connectivity index (χ0) is 18.7. The van der Waals surface area contributed by atoms with Crippen molar-refractivity contribution in [2.24, 2.45) is 0 Å². The van der Waals surface area contributed by atoms with E-state index in [0.717, 1.165) is 6.20 Å². The van der Waals surface area contributed by atoms with E-state index in [1.54, 1.807) is 43.3 Å². The second-order valence-electron chi connectivity index (χ2n) is 5.23. The Morgan fingerprint density at radius 3 is 2.65 bits per heavy atom. The molecule has 0 saturated heterocycles. The molecule has 1 heterocycles. The molecule has 0 radical (unpaired) electrons. The lowest BCUT2D eigenvalue weighted by Crippen LogP contribution is -2.06. The van der Waals surface area contributed by atoms with Crippen LogP contribution in [0, 0.1) is 12.7 Å². The first-order valence-corrected chi connectivity index (χ1v) is 7.78. The van der Waals surface area contributed by atoms with Gasteiger partial charge < -0.3 is 14.6 Å². The number of hydrogen-bond donors (Lipinski definition) is 1. The highest BCUT2D eigenvalue weighted by Gasteiger charge is 2.17. The van der Waals surface area contributed by atoms with E-state index in [-0.39, 0.29) is 23.2 Å². The first-order valence-electron chi connectivity index (χ1n) is 7.41. The molecule has 0 spiro atoms. The molecule has 6 nitrogen and oxygen atoms in total. The predicted molar refractivity (Wildman–Crippen MR) is 92.3 cm³/mol. The van der Waals surface area contributed by atoms with Gasteiger partial charge in [-0.2, -0.15) is 4.98 Å². The Kier molecular flexibility index (Phi) is 4.99. The molecule has 1 aromatic heterocycles. The fourth-order valence-corrected chi connectivity index (χ4v) is 2.27. The average Bonchev–Trinajstić information content (AvgIpc) is 2.60. The summed E-state index contributed by atoms with van der Waals surface area (Å²) in [4.78, 5) is 19.0. The minimum atomic E-state index is -1.55. The molecule has 0 aliphatic rings. The molecule has 2 aromatic carbocycles. The number of aryl methyl sites for hydroxylation is 1. The van der Waals surface area contributed by atoms with Crippen molar-refractivity contribution in [2.75, 3.05) is 0 Å². The summed E-state index contributed by atoms with van der Waals surface area (Å²) >= 11 is 6.05. The van der Waals surface area contributed by atoms with Crippen LogP contribution in [0.3, 0.4) is 0 Å². The molecule has 26 heavy (non-hydrogen) atoms. The monoisotopic (exact) mass is 374 g/mol. The summed E-state index contributed by atoms with van der Waals surface area (Å²) in [7, 11) is 0. The zero-order valence-corrected chi connectivity index (χ0v) is 14.2. The van der Waals surface area contributed by atoms with Gasteiger partial charge in [-0.1, -0.05) is 35.9 Å². The molecule has 0 unspecified atom stereocenters. The number of carbonyl (C=O) groups is 1. The average molecular weight is 375 g/mol. The van der Waals surface area contributed by atoms with Crippen molar-refractivity contribution in [1.29, 1.82) is 0 Å². The van der Waals surface area contributed by atoms with E-state index in [4.69, 9.17) is 21.4 Å². The summed E-state index contributed by atoms with van der Waals surface area (Å²) in [5, 5.41) is 9.16. The summed E-state index contributed by atoms with van der Waals surface area (Å²) in [6, 6.07) is 11.1. The number of benzene rings is 2. The molecule has 3 aromatic rings. The summed E-state index contributed by atoms with van der Waals surface area (Å²) < 4.78 is 24.0. The van der Waals surface area contributed by atoms with E-state index in [2.05, 4.69) is 14.7 Å². The molecule has 3 rings (SSSR count). The third kappa shape index (κ3) is 3.89. The lowest BCUT2D eigenvalue weighted by atomic mass is 10.1. The SMILES string of the molecule is Cc1ccc(-c2ncc(OC(=O)O)c(Oc3ccccc3Cl)n2)cc1F. The lowest BCUT2D eigenvalue weighted by Gasteiger charge is -2.11. The zero-order valence-electron chi connectivity index (χ0n) is 13.4. The van der Waals surface area contributed by atoms with Crippen molar-refractivity contribution in [2.45, 2.75) is 6.92 Å². The smallest absolute Gasteiger partial charge is 0.449 e. The quantitative estimate of drug-likeness (QED) is 0.640. The Hall–Kier alpha value is -3.19. The Morgan fingerprint density at radius 2 is 1.96 bits per heavy atom. The summed E-state index contributed by atoms with van der Waals surface area (Å²) in [6.07, 6.45) is -0.410. The summed E-state index contributed by atoms with van der Waals surface area (Å²) in [6.45, 7) is 1.63. The normalized spacial score (nSPS) is 10.4. The maximum absolute atomic E-state index is 13.8. The van der Waals surface area contributed by atoms with Crippen LogP contribution in [-0.4, -0.2) is 21.2 Å². The number of nitrogens with zero attached hydrogens (tertiary/aromatic N) is 2. The molecule has 0 bridgehead atoms. The minimum absolute atomic E-state index is 0.142. The lowest BCUT2D eigenvalue weighted by molar-refractivity contribution is 0.142. The molecule has 0 fully saturated rings. The van der Waals surface area contributed by atoms with Gasteiger partial charge >= 0.3 is 6.16 Å². The predicted octanol–water partition coefficient (Wildman–Crippen LogP) is 5.09.